The summed E-state index contributed by atoms with van der Waals surface area (Å²) < 4.78 is 16.4. The molecule has 0 unspecified atom stereocenters. The van der Waals surface area contributed by atoms with Crippen LogP contribution >= 0.6 is 0 Å². The van der Waals surface area contributed by atoms with Gasteiger partial charge in [0.2, 0.25) is 0 Å². The Morgan fingerprint density at radius 2 is 1.59 bits per heavy atom. The number of fused-ring (bicyclic) bond motifs is 1. The molecule has 0 saturated carbocycles. The minimum atomic E-state index is -0.591. The van der Waals surface area contributed by atoms with E-state index >= 15 is 0 Å². The van der Waals surface area contributed by atoms with Crippen LogP contribution in [0.25, 0.3) is 10.8 Å². The van der Waals surface area contributed by atoms with Crippen molar-refractivity contribution in [3.63, 3.8) is 0 Å². The fourth-order valence-electron chi connectivity index (χ4n) is 2.66. The second-order valence-electron chi connectivity index (χ2n) is 6.08. The zero-order valence-corrected chi connectivity index (χ0v) is 15.5. The largest absolute Gasteiger partial charge is 0.497 e. The predicted molar refractivity (Wildman–Crippen MR) is 106 cm³/mol. The maximum atomic E-state index is 12.2. The van der Waals surface area contributed by atoms with Crippen molar-refractivity contribution in [3.05, 3.63) is 66.7 Å². The van der Waals surface area contributed by atoms with Gasteiger partial charge in [0.15, 0.2) is 6.10 Å². The van der Waals surface area contributed by atoms with Crippen LogP contribution in [0.5, 0.6) is 17.2 Å². The van der Waals surface area contributed by atoms with Crippen molar-refractivity contribution in [1.82, 2.24) is 5.32 Å². The van der Waals surface area contributed by atoms with Crippen molar-refractivity contribution in [1.29, 1.82) is 0 Å². The minimum Gasteiger partial charge on any atom is -0.497 e. The standard InChI is InChI=1S/C22H23NO4/c1-16(27-21-8-7-17-5-3-4-6-18(17)15-21)22(24)23-13-14-26-20-11-9-19(25-2)10-12-20/h3-12,15-16H,13-14H2,1-2H3,(H,23,24)/t16-/m0/s1. The molecule has 0 aliphatic carbocycles. The van der Waals surface area contributed by atoms with Crippen LogP contribution in [0.15, 0.2) is 66.7 Å². The van der Waals surface area contributed by atoms with Crippen LogP contribution in [0, 0.1) is 0 Å². The molecule has 0 aliphatic rings. The lowest BCUT2D eigenvalue weighted by atomic mass is 10.1. The van der Waals surface area contributed by atoms with Crippen LogP contribution in [0.2, 0.25) is 0 Å². The van der Waals surface area contributed by atoms with Gasteiger partial charge in [0, 0.05) is 0 Å². The Labute approximate surface area is 158 Å². The SMILES string of the molecule is COc1ccc(OCCNC(=O)[C@H](C)Oc2ccc3ccccc3c2)cc1. The Morgan fingerprint density at radius 3 is 2.33 bits per heavy atom. The summed E-state index contributed by atoms with van der Waals surface area (Å²) in [6.07, 6.45) is -0.591. The number of ether oxygens (including phenoxy) is 3. The van der Waals surface area contributed by atoms with Crippen LogP contribution in [0.4, 0.5) is 0 Å². The Bertz CT molecular complexity index is 892. The summed E-state index contributed by atoms with van der Waals surface area (Å²) in [6, 6.07) is 21.1. The van der Waals surface area contributed by atoms with E-state index in [1.165, 1.54) is 0 Å². The molecule has 0 saturated heterocycles. The van der Waals surface area contributed by atoms with Gasteiger partial charge in [-0.25, -0.2) is 0 Å². The zero-order valence-electron chi connectivity index (χ0n) is 15.5. The Kier molecular flexibility index (Phi) is 6.15. The van der Waals surface area contributed by atoms with Gasteiger partial charge in [-0.1, -0.05) is 30.3 Å². The highest BCUT2D eigenvalue weighted by Crippen LogP contribution is 2.21. The summed E-state index contributed by atoms with van der Waals surface area (Å²) in [6.45, 7) is 2.51. The Hall–Kier alpha value is -3.21. The highest BCUT2D eigenvalue weighted by molar-refractivity contribution is 5.84. The quantitative estimate of drug-likeness (QED) is 0.617. The van der Waals surface area contributed by atoms with Crippen LogP contribution in [-0.4, -0.2) is 32.3 Å². The van der Waals surface area contributed by atoms with E-state index in [9.17, 15) is 4.79 Å². The van der Waals surface area contributed by atoms with E-state index in [4.69, 9.17) is 14.2 Å². The van der Waals surface area contributed by atoms with Crippen LogP contribution < -0.4 is 19.5 Å². The first kappa shape index (κ1) is 18.6. The summed E-state index contributed by atoms with van der Waals surface area (Å²) in [5.74, 6) is 1.99. The third kappa shape index (κ3) is 5.14. The molecule has 3 rings (SSSR count). The molecule has 1 atom stereocenters. The van der Waals surface area contributed by atoms with Crippen LogP contribution in [-0.2, 0) is 4.79 Å². The Morgan fingerprint density at radius 1 is 0.926 bits per heavy atom. The van der Waals surface area contributed by atoms with Gasteiger partial charge >= 0.3 is 0 Å². The molecule has 3 aromatic rings. The molecule has 0 aromatic heterocycles. The molecule has 5 heteroatoms. The molecular formula is C22H23NO4. The topological polar surface area (TPSA) is 56.8 Å². The average molecular weight is 365 g/mol. The molecule has 1 N–H and O–H groups in total. The monoisotopic (exact) mass is 365 g/mol. The fraction of sp³-hybridized carbons (Fsp3) is 0.227. The molecule has 0 fully saturated rings. The second kappa shape index (κ2) is 8.94. The van der Waals surface area contributed by atoms with Crippen molar-refractivity contribution in [3.8, 4) is 17.2 Å². The molecule has 3 aromatic carbocycles. The Balaban J connectivity index is 1.44. The smallest absolute Gasteiger partial charge is 0.260 e. The van der Waals surface area contributed by atoms with Gasteiger partial charge in [-0.3, -0.25) is 4.79 Å². The molecule has 5 nitrogen and oxygen atoms in total. The van der Waals surface area contributed by atoms with Crippen molar-refractivity contribution in [2.24, 2.45) is 0 Å². The number of benzene rings is 3. The minimum absolute atomic E-state index is 0.179. The number of hydrogen-bond donors (Lipinski definition) is 1. The average Bonchev–Trinajstić information content (AvgIpc) is 2.71. The normalized spacial score (nSPS) is 11.6. The molecule has 0 aliphatic heterocycles. The van der Waals surface area contributed by atoms with E-state index in [0.717, 1.165) is 22.3 Å². The molecule has 0 radical (unpaired) electrons. The molecule has 0 heterocycles. The van der Waals surface area contributed by atoms with Gasteiger partial charge in [-0.15, -0.1) is 0 Å². The number of amides is 1. The van der Waals surface area contributed by atoms with E-state index in [-0.39, 0.29) is 5.91 Å². The van der Waals surface area contributed by atoms with Gasteiger partial charge in [0.1, 0.15) is 23.9 Å². The van der Waals surface area contributed by atoms with Gasteiger partial charge in [-0.05, 0) is 54.1 Å². The number of rotatable bonds is 8. The van der Waals surface area contributed by atoms with Crippen LogP contribution in [0.1, 0.15) is 6.92 Å². The van der Waals surface area contributed by atoms with Gasteiger partial charge < -0.3 is 19.5 Å². The van der Waals surface area contributed by atoms with Crippen LogP contribution in [0.3, 0.4) is 0 Å². The van der Waals surface area contributed by atoms with Gasteiger partial charge in [-0.2, -0.15) is 0 Å². The first-order valence-corrected chi connectivity index (χ1v) is 8.86. The summed E-state index contributed by atoms with van der Waals surface area (Å²) >= 11 is 0. The zero-order chi connectivity index (χ0) is 19.1. The van der Waals surface area contributed by atoms with E-state index in [0.29, 0.717) is 18.9 Å². The third-order valence-electron chi connectivity index (χ3n) is 4.13. The predicted octanol–water partition coefficient (Wildman–Crippen LogP) is 3.81. The number of nitrogens with one attached hydrogen (secondary N) is 1. The summed E-state index contributed by atoms with van der Waals surface area (Å²) in [7, 11) is 1.62. The maximum absolute atomic E-state index is 12.2. The molecule has 0 spiro atoms. The third-order valence-corrected chi connectivity index (χ3v) is 4.13. The van der Waals surface area contributed by atoms with Crippen molar-refractivity contribution >= 4 is 16.7 Å². The lowest BCUT2D eigenvalue weighted by molar-refractivity contribution is -0.127. The molecule has 27 heavy (non-hydrogen) atoms. The summed E-state index contributed by atoms with van der Waals surface area (Å²) in [5, 5.41) is 5.03. The van der Waals surface area contributed by atoms with E-state index in [1.807, 2.05) is 66.7 Å². The highest BCUT2D eigenvalue weighted by Gasteiger charge is 2.14. The number of carbonyl (C=O) groups excluding carboxylic acids is 1. The summed E-state index contributed by atoms with van der Waals surface area (Å²) in [5.41, 5.74) is 0. The number of methoxy groups -OCH3 is 1. The van der Waals surface area contributed by atoms with Gasteiger partial charge in [0.25, 0.3) is 5.91 Å². The van der Waals surface area contributed by atoms with Gasteiger partial charge in [0.05, 0.1) is 13.7 Å². The second-order valence-corrected chi connectivity index (χ2v) is 6.08. The van der Waals surface area contributed by atoms with E-state index in [1.54, 1.807) is 14.0 Å². The molecular weight excluding hydrogens is 342 g/mol. The molecule has 140 valence electrons. The number of carbonyl (C=O) groups is 1. The van der Waals surface area contributed by atoms with Crippen molar-refractivity contribution in [2.45, 2.75) is 13.0 Å². The first-order chi connectivity index (χ1) is 13.2. The lowest BCUT2D eigenvalue weighted by Gasteiger charge is -2.15. The van der Waals surface area contributed by atoms with E-state index in [2.05, 4.69) is 5.32 Å². The summed E-state index contributed by atoms with van der Waals surface area (Å²) in [4.78, 5) is 12.2. The van der Waals surface area contributed by atoms with Crippen molar-refractivity contribution < 1.29 is 19.0 Å². The fourth-order valence-corrected chi connectivity index (χ4v) is 2.66. The van der Waals surface area contributed by atoms with Crippen molar-refractivity contribution in [2.75, 3.05) is 20.3 Å². The number of hydrogen-bond acceptors (Lipinski definition) is 4. The first-order valence-electron chi connectivity index (χ1n) is 8.86. The lowest BCUT2D eigenvalue weighted by Crippen LogP contribution is -2.38. The molecule has 0 bridgehead atoms. The highest BCUT2D eigenvalue weighted by atomic mass is 16.5. The molecule has 1 amide bonds. The van der Waals surface area contributed by atoms with E-state index < -0.39 is 6.10 Å². The maximum Gasteiger partial charge on any atom is 0.260 e.